The van der Waals surface area contributed by atoms with E-state index in [0.29, 0.717) is 16.9 Å². The molecule has 7 heteroatoms. The Labute approximate surface area is 163 Å². The topological polar surface area (TPSA) is 75.3 Å². The maximum atomic E-state index is 13.0. The van der Waals surface area contributed by atoms with Gasteiger partial charge in [-0.2, -0.15) is 0 Å². The lowest BCUT2D eigenvalue weighted by Crippen LogP contribution is -2.17. The Balaban J connectivity index is 1.86. The normalized spacial score (nSPS) is 11.1. The van der Waals surface area contributed by atoms with Gasteiger partial charge in [0.1, 0.15) is 5.82 Å². The van der Waals surface area contributed by atoms with Crippen LogP contribution in [-0.2, 0) is 10.0 Å². The van der Waals surface area contributed by atoms with Crippen molar-refractivity contribution in [2.24, 2.45) is 0 Å². The molecule has 0 aliphatic carbocycles. The molecule has 1 amide bonds. The highest BCUT2D eigenvalue weighted by molar-refractivity contribution is 7.92. The van der Waals surface area contributed by atoms with Gasteiger partial charge in [-0.1, -0.05) is 23.8 Å². The second-order valence-electron chi connectivity index (χ2n) is 6.41. The summed E-state index contributed by atoms with van der Waals surface area (Å²) in [6, 6.07) is 16.7. The molecule has 0 aliphatic heterocycles. The van der Waals surface area contributed by atoms with Gasteiger partial charge in [-0.25, -0.2) is 12.8 Å². The minimum Gasteiger partial charge on any atom is -0.322 e. The molecule has 0 heterocycles. The summed E-state index contributed by atoms with van der Waals surface area (Å²) in [6.45, 7) is 3.57. The molecule has 3 aromatic carbocycles. The predicted molar refractivity (Wildman–Crippen MR) is 108 cm³/mol. The van der Waals surface area contributed by atoms with Gasteiger partial charge in [0.05, 0.1) is 4.90 Å². The molecular weight excluding hydrogens is 379 g/mol. The van der Waals surface area contributed by atoms with Crippen molar-refractivity contribution in [1.82, 2.24) is 0 Å². The van der Waals surface area contributed by atoms with Crippen molar-refractivity contribution in [2.75, 3.05) is 10.0 Å². The Kier molecular flexibility index (Phi) is 5.46. The molecule has 144 valence electrons. The number of hydrogen-bond acceptors (Lipinski definition) is 3. The number of hydrogen-bond donors (Lipinski definition) is 2. The number of halogens is 1. The molecule has 3 aromatic rings. The summed E-state index contributed by atoms with van der Waals surface area (Å²) >= 11 is 0. The molecule has 28 heavy (non-hydrogen) atoms. The fraction of sp³-hybridized carbons (Fsp3) is 0.0952. The summed E-state index contributed by atoms with van der Waals surface area (Å²) < 4.78 is 41.1. The number of rotatable bonds is 5. The molecule has 0 bridgehead atoms. The van der Waals surface area contributed by atoms with Crippen LogP contribution in [0.15, 0.2) is 71.6 Å². The van der Waals surface area contributed by atoms with E-state index in [9.17, 15) is 17.6 Å². The first-order valence-electron chi connectivity index (χ1n) is 8.52. The number of amides is 1. The average molecular weight is 398 g/mol. The first-order valence-corrected chi connectivity index (χ1v) is 10.00. The molecular formula is C21H19FN2O3S. The zero-order chi connectivity index (χ0) is 20.3. The summed E-state index contributed by atoms with van der Waals surface area (Å²) in [5.74, 6) is -0.901. The van der Waals surface area contributed by atoms with E-state index >= 15 is 0 Å². The number of benzene rings is 3. The van der Waals surface area contributed by atoms with Crippen molar-refractivity contribution in [1.29, 1.82) is 0 Å². The van der Waals surface area contributed by atoms with Gasteiger partial charge in [-0.15, -0.1) is 0 Å². The lowest BCUT2D eigenvalue weighted by Gasteiger charge is -2.12. The molecule has 5 nitrogen and oxygen atoms in total. The Bertz CT molecular complexity index is 1110. The van der Waals surface area contributed by atoms with Crippen LogP contribution < -0.4 is 10.0 Å². The van der Waals surface area contributed by atoms with Gasteiger partial charge < -0.3 is 5.32 Å². The van der Waals surface area contributed by atoms with Crippen molar-refractivity contribution >= 4 is 27.3 Å². The first-order chi connectivity index (χ1) is 13.2. The van der Waals surface area contributed by atoms with Gasteiger partial charge in [0.15, 0.2) is 0 Å². The van der Waals surface area contributed by atoms with Crippen LogP contribution >= 0.6 is 0 Å². The first kappa shape index (κ1) is 19.6. The summed E-state index contributed by atoms with van der Waals surface area (Å²) in [7, 11) is -3.87. The molecule has 0 radical (unpaired) electrons. The Morgan fingerprint density at radius 1 is 0.857 bits per heavy atom. The molecule has 0 aromatic heterocycles. The third kappa shape index (κ3) is 4.55. The van der Waals surface area contributed by atoms with Crippen molar-refractivity contribution < 1.29 is 17.6 Å². The van der Waals surface area contributed by atoms with Crippen LogP contribution in [0.1, 0.15) is 21.5 Å². The van der Waals surface area contributed by atoms with E-state index in [0.717, 1.165) is 5.56 Å². The maximum absolute atomic E-state index is 13.0. The van der Waals surface area contributed by atoms with Crippen LogP contribution in [0.4, 0.5) is 15.8 Å². The number of anilines is 2. The van der Waals surface area contributed by atoms with Gasteiger partial charge in [0, 0.05) is 16.9 Å². The number of carbonyl (C=O) groups is 1. The summed E-state index contributed by atoms with van der Waals surface area (Å²) in [5.41, 5.74) is 2.55. The second kappa shape index (κ2) is 7.82. The zero-order valence-corrected chi connectivity index (χ0v) is 16.2. The highest BCUT2D eigenvalue weighted by Crippen LogP contribution is 2.22. The van der Waals surface area contributed by atoms with E-state index in [1.165, 1.54) is 30.3 Å². The molecule has 0 spiro atoms. The molecule has 0 fully saturated rings. The van der Waals surface area contributed by atoms with Crippen molar-refractivity contribution in [2.45, 2.75) is 18.7 Å². The largest absolute Gasteiger partial charge is 0.322 e. The number of carbonyl (C=O) groups excluding carboxylic acids is 1. The predicted octanol–water partition coefficient (Wildman–Crippen LogP) is 4.50. The van der Waals surface area contributed by atoms with Gasteiger partial charge in [-0.05, 0) is 67.9 Å². The van der Waals surface area contributed by atoms with E-state index in [1.807, 2.05) is 6.92 Å². The monoisotopic (exact) mass is 398 g/mol. The molecule has 0 saturated carbocycles. The van der Waals surface area contributed by atoms with Crippen LogP contribution in [0.3, 0.4) is 0 Å². The van der Waals surface area contributed by atoms with Gasteiger partial charge in [0.25, 0.3) is 15.9 Å². The van der Waals surface area contributed by atoms with Crippen molar-refractivity contribution in [3.05, 3.63) is 89.2 Å². The van der Waals surface area contributed by atoms with Crippen molar-refractivity contribution in [3.8, 4) is 0 Å². The third-order valence-corrected chi connectivity index (χ3v) is 5.67. The Hall–Kier alpha value is -3.19. The van der Waals surface area contributed by atoms with E-state index in [1.54, 1.807) is 43.3 Å². The average Bonchev–Trinajstić information content (AvgIpc) is 2.65. The van der Waals surface area contributed by atoms with Gasteiger partial charge in [-0.3, -0.25) is 9.52 Å². The molecule has 3 rings (SSSR count). The summed E-state index contributed by atoms with van der Waals surface area (Å²) in [6.07, 6.45) is 0. The van der Waals surface area contributed by atoms with Crippen LogP contribution in [0, 0.1) is 19.7 Å². The SMILES string of the molecule is Cc1ccc(NS(=O)(=O)c2cc(C(=O)Nc3ccc(F)cc3)ccc2C)cc1. The fourth-order valence-corrected chi connectivity index (χ4v) is 3.93. The lowest BCUT2D eigenvalue weighted by atomic mass is 10.1. The number of aryl methyl sites for hydroxylation is 2. The molecule has 2 N–H and O–H groups in total. The van der Waals surface area contributed by atoms with Crippen LogP contribution in [-0.4, -0.2) is 14.3 Å². The number of nitrogens with one attached hydrogen (secondary N) is 2. The fourth-order valence-electron chi connectivity index (χ4n) is 2.60. The summed E-state index contributed by atoms with van der Waals surface area (Å²) in [5, 5.41) is 2.62. The Morgan fingerprint density at radius 2 is 1.46 bits per heavy atom. The third-order valence-electron chi connectivity index (χ3n) is 4.15. The molecule has 0 saturated heterocycles. The quantitative estimate of drug-likeness (QED) is 0.665. The van der Waals surface area contributed by atoms with E-state index in [4.69, 9.17) is 0 Å². The molecule has 0 atom stereocenters. The summed E-state index contributed by atoms with van der Waals surface area (Å²) in [4.78, 5) is 12.5. The van der Waals surface area contributed by atoms with Gasteiger partial charge in [0.2, 0.25) is 0 Å². The van der Waals surface area contributed by atoms with E-state index < -0.39 is 21.7 Å². The highest BCUT2D eigenvalue weighted by Gasteiger charge is 2.19. The lowest BCUT2D eigenvalue weighted by molar-refractivity contribution is 0.102. The maximum Gasteiger partial charge on any atom is 0.262 e. The number of sulfonamides is 1. The minimum absolute atomic E-state index is 0.0137. The minimum atomic E-state index is -3.87. The highest BCUT2D eigenvalue weighted by atomic mass is 32.2. The van der Waals surface area contributed by atoms with E-state index in [2.05, 4.69) is 10.0 Å². The molecule has 0 aliphatic rings. The standard InChI is InChI=1S/C21H19FN2O3S/c1-14-3-9-19(10-4-14)24-28(26,27)20-13-16(6-5-15(20)2)21(25)23-18-11-7-17(22)8-12-18/h3-13,24H,1-2H3,(H,23,25). The van der Waals surface area contributed by atoms with E-state index in [-0.39, 0.29) is 10.5 Å². The Morgan fingerprint density at radius 3 is 2.11 bits per heavy atom. The van der Waals surface area contributed by atoms with Crippen LogP contribution in [0.2, 0.25) is 0 Å². The van der Waals surface area contributed by atoms with Crippen LogP contribution in [0.25, 0.3) is 0 Å². The smallest absolute Gasteiger partial charge is 0.262 e. The molecule has 0 unspecified atom stereocenters. The second-order valence-corrected chi connectivity index (χ2v) is 8.06. The van der Waals surface area contributed by atoms with Crippen molar-refractivity contribution in [3.63, 3.8) is 0 Å². The zero-order valence-electron chi connectivity index (χ0n) is 15.4. The van der Waals surface area contributed by atoms with Gasteiger partial charge >= 0.3 is 0 Å². The van der Waals surface area contributed by atoms with Crippen LogP contribution in [0.5, 0.6) is 0 Å².